The van der Waals surface area contributed by atoms with Crippen molar-refractivity contribution < 1.29 is 4.39 Å². The van der Waals surface area contributed by atoms with Crippen LogP contribution in [0.3, 0.4) is 0 Å². The summed E-state index contributed by atoms with van der Waals surface area (Å²) in [5.74, 6) is 0.811. The van der Waals surface area contributed by atoms with Gasteiger partial charge in [0.25, 0.3) is 0 Å². The number of nitrogens with zero attached hydrogens (tertiary/aromatic N) is 2. The zero-order valence-electron chi connectivity index (χ0n) is 12.2. The zero-order chi connectivity index (χ0) is 14.2. The van der Waals surface area contributed by atoms with Crippen molar-refractivity contribution in [3.63, 3.8) is 0 Å². The quantitative estimate of drug-likeness (QED) is 0.932. The molecule has 20 heavy (non-hydrogen) atoms. The number of imidazole rings is 1. The largest absolute Gasteiger partial charge is 0.331 e. The minimum Gasteiger partial charge on any atom is -0.331 e. The van der Waals surface area contributed by atoms with Crippen LogP contribution in [0.1, 0.15) is 38.4 Å². The number of fused-ring (bicyclic) bond motifs is 1. The monoisotopic (exact) mass is 275 g/mol. The molecule has 1 aromatic carbocycles. The number of aryl methyl sites for hydroxylation is 1. The Hall–Kier alpha value is -1.42. The van der Waals surface area contributed by atoms with Gasteiger partial charge in [0, 0.05) is 19.0 Å². The van der Waals surface area contributed by atoms with Crippen LogP contribution in [0.2, 0.25) is 0 Å². The van der Waals surface area contributed by atoms with E-state index in [1.165, 1.54) is 6.07 Å². The first-order valence-electron chi connectivity index (χ1n) is 7.50. The van der Waals surface area contributed by atoms with Crippen molar-refractivity contribution in [3.8, 4) is 0 Å². The van der Waals surface area contributed by atoms with Gasteiger partial charge in [0.05, 0.1) is 5.52 Å². The molecule has 0 saturated carbocycles. The van der Waals surface area contributed by atoms with E-state index in [-0.39, 0.29) is 11.2 Å². The van der Waals surface area contributed by atoms with Crippen molar-refractivity contribution >= 4 is 11.0 Å². The van der Waals surface area contributed by atoms with Crippen LogP contribution in [0.4, 0.5) is 4.39 Å². The summed E-state index contributed by atoms with van der Waals surface area (Å²) in [6, 6.07) is 5.20. The zero-order valence-corrected chi connectivity index (χ0v) is 12.2. The van der Waals surface area contributed by atoms with Crippen molar-refractivity contribution in [2.24, 2.45) is 7.05 Å². The minimum atomic E-state index is -0.222. The van der Waals surface area contributed by atoms with E-state index in [1.54, 1.807) is 6.07 Å². The molecule has 3 nitrogen and oxygen atoms in total. The summed E-state index contributed by atoms with van der Waals surface area (Å²) in [6.45, 7) is 4.23. The average molecular weight is 275 g/mol. The number of halogens is 1. The van der Waals surface area contributed by atoms with Crippen LogP contribution >= 0.6 is 0 Å². The average Bonchev–Trinajstić information content (AvgIpc) is 2.80. The molecule has 1 atom stereocenters. The SMILES string of the molecule is CCCC1(c2nc3c(F)cccc3n2C)CCCNC1. The van der Waals surface area contributed by atoms with Crippen LogP contribution in [-0.4, -0.2) is 22.6 Å². The molecule has 1 aliphatic heterocycles. The van der Waals surface area contributed by atoms with Gasteiger partial charge >= 0.3 is 0 Å². The molecule has 4 heteroatoms. The second kappa shape index (κ2) is 5.17. The van der Waals surface area contributed by atoms with E-state index < -0.39 is 0 Å². The first kappa shape index (κ1) is 13.6. The van der Waals surface area contributed by atoms with Crippen LogP contribution in [-0.2, 0) is 12.5 Å². The molecule has 1 aromatic heterocycles. The topological polar surface area (TPSA) is 29.9 Å². The Labute approximate surface area is 119 Å². The van der Waals surface area contributed by atoms with Crippen molar-refractivity contribution in [2.45, 2.75) is 38.0 Å². The van der Waals surface area contributed by atoms with E-state index in [2.05, 4.69) is 21.8 Å². The second-order valence-corrected chi connectivity index (χ2v) is 5.91. The minimum absolute atomic E-state index is 0.0488. The predicted molar refractivity (Wildman–Crippen MR) is 79.4 cm³/mol. The Balaban J connectivity index is 2.16. The lowest BCUT2D eigenvalue weighted by Gasteiger charge is -2.37. The molecule has 1 N–H and O–H groups in total. The molecule has 0 amide bonds. The fourth-order valence-corrected chi connectivity index (χ4v) is 3.62. The maximum Gasteiger partial charge on any atom is 0.151 e. The highest BCUT2D eigenvalue weighted by Gasteiger charge is 2.37. The molecule has 0 bridgehead atoms. The normalized spacial score (nSPS) is 23.4. The lowest BCUT2D eigenvalue weighted by Crippen LogP contribution is -2.44. The van der Waals surface area contributed by atoms with E-state index in [4.69, 9.17) is 0 Å². The molecule has 0 radical (unpaired) electrons. The van der Waals surface area contributed by atoms with E-state index in [0.717, 1.165) is 50.1 Å². The van der Waals surface area contributed by atoms with Crippen LogP contribution in [0.25, 0.3) is 11.0 Å². The molecule has 1 unspecified atom stereocenters. The third kappa shape index (κ3) is 2.03. The number of hydrogen-bond acceptors (Lipinski definition) is 2. The molecule has 0 spiro atoms. The van der Waals surface area contributed by atoms with Gasteiger partial charge in [0.1, 0.15) is 11.3 Å². The van der Waals surface area contributed by atoms with Gasteiger partial charge in [-0.15, -0.1) is 0 Å². The number of nitrogens with one attached hydrogen (secondary N) is 1. The van der Waals surface area contributed by atoms with Crippen LogP contribution in [0.15, 0.2) is 18.2 Å². The van der Waals surface area contributed by atoms with Gasteiger partial charge in [-0.1, -0.05) is 19.4 Å². The van der Waals surface area contributed by atoms with Crippen molar-refractivity contribution in [2.75, 3.05) is 13.1 Å². The van der Waals surface area contributed by atoms with Gasteiger partial charge in [-0.3, -0.25) is 0 Å². The lowest BCUT2D eigenvalue weighted by atomic mass is 9.76. The Kier molecular flexibility index (Phi) is 3.50. The summed E-state index contributed by atoms with van der Waals surface area (Å²) in [6.07, 6.45) is 4.50. The number of para-hydroxylation sites is 1. The molecule has 2 aromatic rings. The van der Waals surface area contributed by atoms with Gasteiger partial charge < -0.3 is 9.88 Å². The lowest BCUT2D eigenvalue weighted by molar-refractivity contribution is 0.271. The van der Waals surface area contributed by atoms with Crippen LogP contribution in [0.5, 0.6) is 0 Å². The van der Waals surface area contributed by atoms with E-state index in [1.807, 2.05) is 13.1 Å². The molecule has 1 fully saturated rings. The standard InChI is InChI=1S/C16H22FN3/c1-3-8-16(9-5-10-18-11-16)15-19-14-12(17)6-4-7-13(14)20(15)2/h4,6-7,18H,3,5,8-11H2,1-2H3. The molecule has 0 aliphatic carbocycles. The maximum absolute atomic E-state index is 14.0. The molecular weight excluding hydrogens is 253 g/mol. The van der Waals surface area contributed by atoms with Gasteiger partial charge in [-0.2, -0.15) is 0 Å². The number of piperidine rings is 1. The Bertz CT molecular complexity index is 606. The fourth-order valence-electron chi connectivity index (χ4n) is 3.62. The first-order chi connectivity index (χ1) is 9.68. The summed E-state index contributed by atoms with van der Waals surface area (Å²) < 4.78 is 16.1. The highest BCUT2D eigenvalue weighted by atomic mass is 19.1. The summed E-state index contributed by atoms with van der Waals surface area (Å²) >= 11 is 0. The highest BCUT2D eigenvalue weighted by molar-refractivity contribution is 5.76. The molecule has 108 valence electrons. The van der Waals surface area contributed by atoms with Crippen LogP contribution < -0.4 is 5.32 Å². The summed E-state index contributed by atoms with van der Waals surface area (Å²) in [4.78, 5) is 4.67. The Morgan fingerprint density at radius 1 is 1.45 bits per heavy atom. The van der Waals surface area contributed by atoms with E-state index in [9.17, 15) is 4.39 Å². The molecule has 3 rings (SSSR count). The summed E-state index contributed by atoms with van der Waals surface area (Å²) in [7, 11) is 2.01. The molecule has 1 aliphatic rings. The second-order valence-electron chi connectivity index (χ2n) is 5.91. The molecular formula is C16H22FN3. The summed E-state index contributed by atoms with van der Waals surface area (Å²) in [5, 5.41) is 3.50. The van der Waals surface area contributed by atoms with E-state index in [0.29, 0.717) is 5.52 Å². The third-order valence-corrected chi connectivity index (χ3v) is 4.54. The van der Waals surface area contributed by atoms with Gasteiger partial charge in [0.2, 0.25) is 0 Å². The van der Waals surface area contributed by atoms with Crippen molar-refractivity contribution in [1.29, 1.82) is 0 Å². The van der Waals surface area contributed by atoms with E-state index >= 15 is 0 Å². The van der Waals surface area contributed by atoms with Crippen molar-refractivity contribution in [3.05, 3.63) is 29.8 Å². The number of aromatic nitrogens is 2. The number of rotatable bonds is 3. The van der Waals surface area contributed by atoms with Gasteiger partial charge in [0.15, 0.2) is 5.82 Å². The molecule has 2 heterocycles. The third-order valence-electron chi connectivity index (χ3n) is 4.54. The first-order valence-corrected chi connectivity index (χ1v) is 7.50. The molecule has 1 saturated heterocycles. The maximum atomic E-state index is 14.0. The number of hydrogen-bond donors (Lipinski definition) is 1. The summed E-state index contributed by atoms with van der Waals surface area (Å²) in [5.41, 5.74) is 1.44. The van der Waals surface area contributed by atoms with Crippen molar-refractivity contribution in [1.82, 2.24) is 14.9 Å². The van der Waals surface area contributed by atoms with Crippen LogP contribution in [0, 0.1) is 5.82 Å². The van der Waals surface area contributed by atoms with Gasteiger partial charge in [-0.25, -0.2) is 9.37 Å². The Morgan fingerprint density at radius 3 is 2.95 bits per heavy atom. The fraction of sp³-hybridized carbons (Fsp3) is 0.562. The van der Waals surface area contributed by atoms with Gasteiger partial charge in [-0.05, 0) is 37.9 Å². The highest BCUT2D eigenvalue weighted by Crippen LogP contribution is 2.36. The number of benzene rings is 1. The Morgan fingerprint density at radius 2 is 2.30 bits per heavy atom. The predicted octanol–water partition coefficient (Wildman–Crippen LogP) is 3.13. The smallest absolute Gasteiger partial charge is 0.151 e.